The second-order valence-electron chi connectivity index (χ2n) is 8.43. The van der Waals surface area contributed by atoms with E-state index in [-0.39, 0.29) is 53.6 Å². The molecule has 7 nitrogen and oxygen atoms in total. The molecule has 29 heavy (non-hydrogen) atoms. The molecule has 3 atom stereocenters. The van der Waals surface area contributed by atoms with E-state index < -0.39 is 15.8 Å². The third-order valence-corrected chi connectivity index (χ3v) is 8.19. The van der Waals surface area contributed by atoms with Crippen molar-refractivity contribution in [1.29, 1.82) is 0 Å². The summed E-state index contributed by atoms with van der Waals surface area (Å²) in [5, 5.41) is 9.10. The van der Waals surface area contributed by atoms with E-state index in [4.69, 9.17) is 5.11 Å². The fourth-order valence-corrected chi connectivity index (χ4v) is 6.66. The summed E-state index contributed by atoms with van der Waals surface area (Å²) in [7, 11) is -3.06. The fourth-order valence-electron chi connectivity index (χ4n) is 5.17. The van der Waals surface area contributed by atoms with Crippen LogP contribution in [0.3, 0.4) is 0 Å². The van der Waals surface area contributed by atoms with Crippen LogP contribution in [0.2, 0.25) is 0 Å². The first-order chi connectivity index (χ1) is 13.7. The standard InChI is InChI=1S/C20H25FN2O5S/c21-16-3-1-2-14(8-16)19-17-11-22(12-18(24)25)9-15(17)10-23(19)20(26)13-4-6-29(27,28)7-5-13/h1-3,8,13,15,17,19H,4-7,9-12H2,(H,24,25)/t15-,17-,19+/m0/s1. The van der Waals surface area contributed by atoms with E-state index in [1.807, 2.05) is 11.0 Å². The van der Waals surface area contributed by atoms with E-state index >= 15 is 0 Å². The van der Waals surface area contributed by atoms with Gasteiger partial charge in [-0.15, -0.1) is 0 Å². The average molecular weight is 424 g/mol. The third kappa shape index (κ3) is 4.16. The molecule has 158 valence electrons. The van der Waals surface area contributed by atoms with E-state index in [2.05, 4.69) is 0 Å². The lowest BCUT2D eigenvalue weighted by Crippen LogP contribution is -2.42. The molecule has 1 N–H and O–H groups in total. The molecular weight excluding hydrogens is 399 g/mol. The molecule has 3 fully saturated rings. The number of carbonyl (C=O) groups is 2. The zero-order valence-corrected chi connectivity index (χ0v) is 16.9. The topological polar surface area (TPSA) is 95.0 Å². The molecule has 0 radical (unpaired) electrons. The highest BCUT2D eigenvalue weighted by Gasteiger charge is 2.50. The van der Waals surface area contributed by atoms with Gasteiger partial charge in [0.2, 0.25) is 5.91 Å². The van der Waals surface area contributed by atoms with E-state index in [0.717, 1.165) is 0 Å². The van der Waals surface area contributed by atoms with Crippen LogP contribution in [0, 0.1) is 23.6 Å². The van der Waals surface area contributed by atoms with Gasteiger partial charge in [0.25, 0.3) is 0 Å². The van der Waals surface area contributed by atoms with Crippen molar-refractivity contribution >= 4 is 21.7 Å². The van der Waals surface area contributed by atoms with Crippen molar-refractivity contribution in [2.45, 2.75) is 18.9 Å². The van der Waals surface area contributed by atoms with Crippen molar-refractivity contribution in [3.8, 4) is 0 Å². The largest absolute Gasteiger partial charge is 0.480 e. The molecule has 0 bridgehead atoms. The zero-order valence-electron chi connectivity index (χ0n) is 16.0. The first-order valence-electron chi connectivity index (χ1n) is 9.94. The van der Waals surface area contributed by atoms with Crippen molar-refractivity contribution in [2.24, 2.45) is 17.8 Å². The van der Waals surface area contributed by atoms with Crippen LogP contribution in [0.25, 0.3) is 0 Å². The molecule has 0 unspecified atom stereocenters. The Morgan fingerprint density at radius 1 is 1.14 bits per heavy atom. The fraction of sp³-hybridized carbons (Fsp3) is 0.600. The summed E-state index contributed by atoms with van der Waals surface area (Å²) in [5.41, 5.74) is 0.714. The van der Waals surface area contributed by atoms with E-state index in [1.165, 1.54) is 12.1 Å². The summed E-state index contributed by atoms with van der Waals surface area (Å²) < 4.78 is 37.4. The Morgan fingerprint density at radius 3 is 2.52 bits per heavy atom. The van der Waals surface area contributed by atoms with Crippen molar-refractivity contribution in [3.05, 3.63) is 35.6 Å². The SMILES string of the molecule is O=C(O)CN1C[C@H]2CN(C(=O)C3CCS(=O)(=O)CC3)[C@H](c3cccc(F)c3)[C@H]2C1. The van der Waals surface area contributed by atoms with Crippen LogP contribution in [0.15, 0.2) is 24.3 Å². The Kier molecular flexibility index (Phi) is 5.37. The number of hydrogen-bond acceptors (Lipinski definition) is 5. The second-order valence-corrected chi connectivity index (χ2v) is 10.7. The Morgan fingerprint density at radius 2 is 1.86 bits per heavy atom. The minimum atomic E-state index is -3.06. The highest BCUT2D eigenvalue weighted by molar-refractivity contribution is 7.91. The van der Waals surface area contributed by atoms with E-state index in [9.17, 15) is 22.4 Å². The molecule has 3 heterocycles. The third-order valence-electron chi connectivity index (χ3n) is 6.48. The van der Waals surface area contributed by atoms with Gasteiger partial charge in [0, 0.05) is 31.5 Å². The first-order valence-corrected chi connectivity index (χ1v) is 11.8. The minimum absolute atomic E-state index is 0.0289. The van der Waals surface area contributed by atoms with Crippen LogP contribution >= 0.6 is 0 Å². The predicted molar refractivity (Wildman–Crippen MR) is 103 cm³/mol. The normalized spacial score (nSPS) is 29.7. The quantitative estimate of drug-likeness (QED) is 0.780. The Bertz CT molecular complexity index is 907. The van der Waals surface area contributed by atoms with Gasteiger partial charge in [-0.05, 0) is 36.5 Å². The van der Waals surface area contributed by atoms with Crippen molar-refractivity contribution < 1.29 is 27.5 Å². The van der Waals surface area contributed by atoms with E-state index in [0.29, 0.717) is 38.0 Å². The van der Waals surface area contributed by atoms with Gasteiger partial charge in [0.05, 0.1) is 24.1 Å². The smallest absolute Gasteiger partial charge is 0.317 e. The second kappa shape index (κ2) is 7.68. The molecule has 3 saturated heterocycles. The molecular formula is C20H25FN2O5S. The van der Waals surface area contributed by atoms with Gasteiger partial charge in [0.1, 0.15) is 15.7 Å². The number of sulfone groups is 1. The molecule has 4 rings (SSSR count). The molecule has 0 aliphatic carbocycles. The van der Waals surface area contributed by atoms with Crippen molar-refractivity contribution in [3.63, 3.8) is 0 Å². The summed E-state index contributed by atoms with van der Waals surface area (Å²) in [6.07, 6.45) is 0.655. The van der Waals surface area contributed by atoms with Crippen molar-refractivity contribution in [2.75, 3.05) is 37.7 Å². The summed E-state index contributed by atoms with van der Waals surface area (Å²) >= 11 is 0. The average Bonchev–Trinajstić information content (AvgIpc) is 3.17. The number of likely N-dealkylation sites (tertiary alicyclic amines) is 2. The van der Waals surface area contributed by atoms with Crippen LogP contribution in [-0.2, 0) is 19.4 Å². The number of halogens is 1. The molecule has 3 aliphatic heterocycles. The Balaban J connectivity index is 1.58. The molecule has 0 spiro atoms. The molecule has 1 aromatic rings. The lowest BCUT2D eigenvalue weighted by atomic mass is 9.89. The first kappa shape index (κ1) is 20.3. The summed E-state index contributed by atoms with van der Waals surface area (Å²) in [5.74, 6) is -1.43. The van der Waals surface area contributed by atoms with Crippen LogP contribution in [0.1, 0.15) is 24.4 Å². The van der Waals surface area contributed by atoms with Gasteiger partial charge < -0.3 is 10.0 Å². The number of nitrogens with zero attached hydrogens (tertiary/aromatic N) is 2. The summed E-state index contributed by atoms with van der Waals surface area (Å²) in [4.78, 5) is 28.1. The number of fused-ring (bicyclic) bond motifs is 1. The van der Waals surface area contributed by atoms with Crippen LogP contribution in [-0.4, -0.2) is 72.9 Å². The predicted octanol–water partition coefficient (Wildman–Crippen LogP) is 1.17. The number of carboxylic acids is 1. The van der Waals surface area contributed by atoms with Crippen LogP contribution in [0.4, 0.5) is 4.39 Å². The van der Waals surface area contributed by atoms with Gasteiger partial charge in [-0.2, -0.15) is 0 Å². The maximum atomic E-state index is 13.9. The highest BCUT2D eigenvalue weighted by atomic mass is 32.2. The zero-order chi connectivity index (χ0) is 20.8. The number of carboxylic acid groups (broad SMARTS) is 1. The molecule has 1 aromatic carbocycles. The molecule has 1 amide bonds. The molecule has 3 aliphatic rings. The summed E-state index contributed by atoms with van der Waals surface area (Å²) in [6.45, 7) is 1.58. The number of benzene rings is 1. The monoisotopic (exact) mass is 424 g/mol. The van der Waals surface area contributed by atoms with Crippen molar-refractivity contribution in [1.82, 2.24) is 9.80 Å². The van der Waals surface area contributed by atoms with E-state index in [1.54, 1.807) is 11.0 Å². The maximum absolute atomic E-state index is 13.9. The minimum Gasteiger partial charge on any atom is -0.480 e. The number of amides is 1. The number of hydrogen-bond donors (Lipinski definition) is 1. The number of rotatable bonds is 4. The lowest BCUT2D eigenvalue weighted by Gasteiger charge is -2.33. The van der Waals surface area contributed by atoms with Gasteiger partial charge in [-0.3, -0.25) is 14.5 Å². The maximum Gasteiger partial charge on any atom is 0.317 e. The number of aliphatic carboxylic acids is 1. The van der Waals surface area contributed by atoms with Gasteiger partial charge in [-0.25, -0.2) is 12.8 Å². The Hall–Kier alpha value is -2.00. The molecule has 9 heteroatoms. The van der Waals surface area contributed by atoms with Gasteiger partial charge in [-0.1, -0.05) is 12.1 Å². The van der Waals surface area contributed by atoms with Gasteiger partial charge >= 0.3 is 5.97 Å². The molecule has 0 saturated carbocycles. The lowest BCUT2D eigenvalue weighted by molar-refractivity contribution is -0.139. The Labute approximate surface area is 169 Å². The van der Waals surface area contributed by atoms with Gasteiger partial charge in [0.15, 0.2) is 0 Å². The van der Waals surface area contributed by atoms with Crippen LogP contribution in [0.5, 0.6) is 0 Å². The molecule has 0 aromatic heterocycles. The number of carbonyl (C=O) groups excluding carboxylic acids is 1. The highest BCUT2D eigenvalue weighted by Crippen LogP contribution is 2.46. The summed E-state index contributed by atoms with van der Waals surface area (Å²) in [6, 6.07) is 5.91. The van der Waals surface area contributed by atoms with Crippen LogP contribution < -0.4 is 0 Å².